The van der Waals surface area contributed by atoms with Gasteiger partial charge in [0.1, 0.15) is 12.2 Å². The molecule has 0 atom stereocenters. The third kappa shape index (κ3) is 4.14. The molecular formula is C12H16N2O3. The van der Waals surface area contributed by atoms with Gasteiger partial charge in [0, 0.05) is 12.7 Å². The highest BCUT2D eigenvalue weighted by Gasteiger charge is 2.10. The second-order valence-electron chi connectivity index (χ2n) is 3.91. The molecule has 0 bridgehead atoms. The third-order valence-electron chi connectivity index (χ3n) is 2.17. The summed E-state index contributed by atoms with van der Waals surface area (Å²) in [7, 11) is 0. The van der Waals surface area contributed by atoms with E-state index in [9.17, 15) is 9.59 Å². The zero-order valence-electron chi connectivity index (χ0n) is 9.93. The van der Waals surface area contributed by atoms with Crippen LogP contribution in [-0.4, -0.2) is 28.1 Å². The molecule has 2 N–H and O–H groups in total. The van der Waals surface area contributed by atoms with Crippen molar-refractivity contribution < 1.29 is 14.7 Å². The standard InChI is InChI=1S/C12H16N2O3/c1-9(2)5-6-13-11(15)8-14-7-3-4-10(14)12(16)17/h3-5,7H,6,8H2,1-2H3,(H,13,15)(H,16,17). The Hall–Kier alpha value is -2.04. The number of hydrogen-bond donors (Lipinski definition) is 2. The van der Waals surface area contributed by atoms with Crippen LogP contribution in [0.2, 0.25) is 0 Å². The highest BCUT2D eigenvalue weighted by molar-refractivity contribution is 5.86. The van der Waals surface area contributed by atoms with Crippen LogP contribution < -0.4 is 5.32 Å². The number of carboxylic acid groups (broad SMARTS) is 1. The van der Waals surface area contributed by atoms with Crippen molar-refractivity contribution in [3.8, 4) is 0 Å². The van der Waals surface area contributed by atoms with E-state index < -0.39 is 5.97 Å². The first-order chi connectivity index (χ1) is 8.00. The molecule has 0 radical (unpaired) electrons. The van der Waals surface area contributed by atoms with Crippen LogP contribution >= 0.6 is 0 Å². The molecule has 0 aliphatic rings. The topological polar surface area (TPSA) is 71.3 Å². The molecule has 1 aromatic heterocycles. The fourth-order valence-electron chi connectivity index (χ4n) is 1.33. The molecule has 0 saturated heterocycles. The number of carbonyl (C=O) groups is 2. The van der Waals surface area contributed by atoms with Gasteiger partial charge in [-0.05, 0) is 26.0 Å². The predicted octanol–water partition coefficient (Wildman–Crippen LogP) is 1.27. The van der Waals surface area contributed by atoms with Crippen LogP contribution in [0.5, 0.6) is 0 Å². The lowest BCUT2D eigenvalue weighted by molar-refractivity contribution is -0.121. The summed E-state index contributed by atoms with van der Waals surface area (Å²) in [4.78, 5) is 22.3. The van der Waals surface area contributed by atoms with Crippen LogP contribution in [0.25, 0.3) is 0 Å². The molecule has 1 heterocycles. The number of carboxylic acids is 1. The highest BCUT2D eigenvalue weighted by Crippen LogP contribution is 2.01. The van der Waals surface area contributed by atoms with Crippen LogP contribution in [0.1, 0.15) is 24.3 Å². The van der Waals surface area contributed by atoms with Gasteiger partial charge in [0.15, 0.2) is 0 Å². The van der Waals surface area contributed by atoms with Gasteiger partial charge in [-0.25, -0.2) is 4.79 Å². The summed E-state index contributed by atoms with van der Waals surface area (Å²) in [5, 5.41) is 11.5. The van der Waals surface area contributed by atoms with Gasteiger partial charge in [-0.3, -0.25) is 4.79 Å². The van der Waals surface area contributed by atoms with Crippen molar-refractivity contribution in [3.63, 3.8) is 0 Å². The van der Waals surface area contributed by atoms with E-state index in [0.717, 1.165) is 5.57 Å². The monoisotopic (exact) mass is 236 g/mol. The molecule has 0 spiro atoms. The van der Waals surface area contributed by atoms with Gasteiger partial charge < -0.3 is 15.0 Å². The van der Waals surface area contributed by atoms with Crippen molar-refractivity contribution >= 4 is 11.9 Å². The Morgan fingerprint density at radius 1 is 1.47 bits per heavy atom. The summed E-state index contributed by atoms with van der Waals surface area (Å²) >= 11 is 0. The second-order valence-corrected chi connectivity index (χ2v) is 3.91. The van der Waals surface area contributed by atoms with E-state index in [2.05, 4.69) is 5.32 Å². The van der Waals surface area contributed by atoms with E-state index in [1.807, 2.05) is 19.9 Å². The van der Waals surface area contributed by atoms with Gasteiger partial charge in [0.05, 0.1) is 0 Å². The van der Waals surface area contributed by atoms with Crippen LogP contribution in [-0.2, 0) is 11.3 Å². The van der Waals surface area contributed by atoms with Crippen molar-refractivity contribution in [2.24, 2.45) is 0 Å². The summed E-state index contributed by atoms with van der Waals surface area (Å²) in [5.74, 6) is -1.24. The molecule has 17 heavy (non-hydrogen) atoms. The van der Waals surface area contributed by atoms with E-state index in [0.29, 0.717) is 6.54 Å². The molecule has 0 aromatic carbocycles. The summed E-state index contributed by atoms with van der Waals surface area (Å²) in [6.45, 7) is 4.37. The SMILES string of the molecule is CC(C)=CCNC(=O)Cn1cccc1C(=O)O. The average molecular weight is 236 g/mol. The minimum atomic E-state index is -1.04. The Labute approximate surface area is 99.7 Å². The molecule has 5 nitrogen and oxygen atoms in total. The van der Waals surface area contributed by atoms with Crippen molar-refractivity contribution in [1.29, 1.82) is 0 Å². The fourth-order valence-corrected chi connectivity index (χ4v) is 1.33. The van der Waals surface area contributed by atoms with E-state index in [1.54, 1.807) is 12.3 Å². The zero-order valence-corrected chi connectivity index (χ0v) is 9.93. The molecule has 1 aromatic rings. The minimum absolute atomic E-state index is 0.0191. The zero-order chi connectivity index (χ0) is 12.8. The van der Waals surface area contributed by atoms with Gasteiger partial charge in [0.25, 0.3) is 0 Å². The van der Waals surface area contributed by atoms with E-state index in [1.165, 1.54) is 10.6 Å². The van der Waals surface area contributed by atoms with Gasteiger partial charge in [-0.15, -0.1) is 0 Å². The Morgan fingerprint density at radius 3 is 2.76 bits per heavy atom. The third-order valence-corrected chi connectivity index (χ3v) is 2.17. The van der Waals surface area contributed by atoms with Crippen molar-refractivity contribution in [1.82, 2.24) is 9.88 Å². The smallest absolute Gasteiger partial charge is 0.352 e. The van der Waals surface area contributed by atoms with Crippen LogP contribution in [0.4, 0.5) is 0 Å². The van der Waals surface area contributed by atoms with Crippen molar-refractivity contribution in [3.05, 3.63) is 35.7 Å². The highest BCUT2D eigenvalue weighted by atomic mass is 16.4. The van der Waals surface area contributed by atoms with Crippen molar-refractivity contribution in [2.45, 2.75) is 20.4 Å². The van der Waals surface area contributed by atoms with Crippen LogP contribution in [0.15, 0.2) is 30.0 Å². The number of hydrogen-bond acceptors (Lipinski definition) is 2. The number of amides is 1. The molecular weight excluding hydrogens is 220 g/mol. The lowest BCUT2D eigenvalue weighted by Crippen LogP contribution is -2.28. The number of carbonyl (C=O) groups excluding carboxylic acids is 1. The van der Waals surface area contributed by atoms with E-state index in [-0.39, 0.29) is 18.1 Å². The Bertz CT molecular complexity index is 442. The molecule has 0 fully saturated rings. The number of nitrogens with zero attached hydrogens (tertiary/aromatic N) is 1. The average Bonchev–Trinajstić information content (AvgIpc) is 2.65. The maximum atomic E-state index is 11.5. The number of aromatic nitrogens is 1. The maximum absolute atomic E-state index is 11.5. The molecule has 1 amide bonds. The summed E-state index contributed by atoms with van der Waals surface area (Å²) in [5.41, 5.74) is 1.24. The molecule has 0 aliphatic heterocycles. The quantitative estimate of drug-likeness (QED) is 0.756. The van der Waals surface area contributed by atoms with Gasteiger partial charge in [-0.2, -0.15) is 0 Å². The van der Waals surface area contributed by atoms with Gasteiger partial charge in [0.2, 0.25) is 5.91 Å². The van der Waals surface area contributed by atoms with E-state index >= 15 is 0 Å². The van der Waals surface area contributed by atoms with Gasteiger partial charge in [-0.1, -0.05) is 11.6 Å². The number of nitrogens with one attached hydrogen (secondary N) is 1. The Morgan fingerprint density at radius 2 is 2.18 bits per heavy atom. The van der Waals surface area contributed by atoms with Crippen LogP contribution in [0, 0.1) is 0 Å². The first-order valence-electron chi connectivity index (χ1n) is 5.29. The lowest BCUT2D eigenvalue weighted by atomic mass is 10.3. The number of allylic oxidation sites excluding steroid dienone is 1. The minimum Gasteiger partial charge on any atom is -0.477 e. The molecule has 5 heteroatoms. The van der Waals surface area contributed by atoms with Crippen molar-refractivity contribution in [2.75, 3.05) is 6.54 Å². The summed E-state index contributed by atoms with van der Waals surface area (Å²) in [6, 6.07) is 3.07. The van der Waals surface area contributed by atoms with Gasteiger partial charge >= 0.3 is 5.97 Å². The Kier molecular flexibility index (Phi) is 4.51. The maximum Gasteiger partial charge on any atom is 0.352 e. The second kappa shape index (κ2) is 5.89. The fraction of sp³-hybridized carbons (Fsp3) is 0.333. The number of aromatic carboxylic acids is 1. The number of rotatable bonds is 5. The summed E-state index contributed by atoms with van der Waals surface area (Å²) < 4.78 is 1.40. The normalized spacial score (nSPS) is 9.76. The predicted molar refractivity (Wildman–Crippen MR) is 63.8 cm³/mol. The first-order valence-corrected chi connectivity index (χ1v) is 5.29. The molecule has 1 rings (SSSR count). The largest absolute Gasteiger partial charge is 0.477 e. The Balaban J connectivity index is 2.53. The molecule has 0 unspecified atom stereocenters. The molecule has 0 saturated carbocycles. The molecule has 92 valence electrons. The lowest BCUT2D eigenvalue weighted by Gasteiger charge is -2.06. The molecule has 0 aliphatic carbocycles. The first kappa shape index (κ1) is 13.0. The van der Waals surface area contributed by atoms with Crippen LogP contribution in [0.3, 0.4) is 0 Å². The summed E-state index contributed by atoms with van der Waals surface area (Å²) in [6.07, 6.45) is 3.47. The van der Waals surface area contributed by atoms with E-state index in [4.69, 9.17) is 5.11 Å².